The van der Waals surface area contributed by atoms with Crippen LogP contribution in [0.5, 0.6) is 0 Å². The first-order valence-corrected chi connectivity index (χ1v) is 5.70. The molecule has 1 aliphatic carbocycles. The summed E-state index contributed by atoms with van der Waals surface area (Å²) in [7, 11) is 0. The maximum absolute atomic E-state index is 3.51. The highest BCUT2D eigenvalue weighted by molar-refractivity contribution is 14.1. The minimum absolute atomic E-state index is 1.10. The Kier molecular flexibility index (Phi) is 2.29. The summed E-state index contributed by atoms with van der Waals surface area (Å²) in [6, 6.07) is 4.38. The Labute approximate surface area is 94.3 Å². The molecule has 0 aliphatic heterocycles. The Bertz CT molecular complexity index is 366. The molecule has 0 bridgehead atoms. The Balaban J connectivity index is 2.67. The van der Waals surface area contributed by atoms with E-state index in [1.165, 1.54) is 24.7 Å². The van der Waals surface area contributed by atoms with Crippen LogP contribution in [0.4, 0.5) is 0 Å². The third-order valence-electron chi connectivity index (χ3n) is 2.20. The van der Waals surface area contributed by atoms with Crippen molar-refractivity contribution in [1.82, 2.24) is 0 Å². The van der Waals surface area contributed by atoms with Gasteiger partial charge in [0.2, 0.25) is 0 Å². The van der Waals surface area contributed by atoms with Crippen LogP contribution in [0.3, 0.4) is 0 Å². The van der Waals surface area contributed by atoms with E-state index in [9.17, 15) is 0 Å². The number of benzene rings is 1. The lowest BCUT2D eigenvalue weighted by molar-refractivity contribution is 1.28. The summed E-state index contributed by atoms with van der Waals surface area (Å²) in [6.07, 6.45) is 3.39. The highest BCUT2D eigenvalue weighted by Crippen LogP contribution is 2.33. The molecule has 1 aromatic rings. The van der Waals surface area contributed by atoms with E-state index in [4.69, 9.17) is 0 Å². The molecule has 12 heavy (non-hydrogen) atoms. The van der Waals surface area contributed by atoms with E-state index in [-0.39, 0.29) is 0 Å². The number of halogens is 2. The number of rotatable bonds is 0. The lowest BCUT2D eigenvalue weighted by Crippen LogP contribution is -1.88. The zero-order chi connectivity index (χ0) is 8.72. The summed E-state index contributed by atoms with van der Waals surface area (Å²) in [6.45, 7) is 2.17. The van der Waals surface area contributed by atoms with Gasteiger partial charge in [0.1, 0.15) is 0 Å². The summed E-state index contributed by atoms with van der Waals surface area (Å²) in [5.41, 5.74) is 4.30. The van der Waals surface area contributed by atoms with Crippen LogP contribution in [-0.2, 0) is 6.42 Å². The van der Waals surface area contributed by atoms with Crippen molar-refractivity contribution in [2.45, 2.75) is 13.3 Å². The standard InChI is InChI=1S/C10H8BrI/c1-6-2-3-8-9(6)4-7(11)5-10(8)12/h2,4-5H,3H2,1H3. The van der Waals surface area contributed by atoms with Crippen molar-refractivity contribution < 1.29 is 0 Å². The van der Waals surface area contributed by atoms with Gasteiger partial charge in [-0.05, 0) is 64.8 Å². The molecule has 2 rings (SSSR count). The summed E-state index contributed by atoms with van der Waals surface area (Å²) >= 11 is 5.91. The van der Waals surface area contributed by atoms with E-state index < -0.39 is 0 Å². The van der Waals surface area contributed by atoms with E-state index in [0.717, 1.165) is 6.42 Å². The Morgan fingerprint density at radius 2 is 2.17 bits per heavy atom. The van der Waals surface area contributed by atoms with Gasteiger partial charge >= 0.3 is 0 Å². The predicted molar refractivity (Wildman–Crippen MR) is 64.2 cm³/mol. The number of fused-ring (bicyclic) bond motifs is 1. The molecule has 0 fully saturated rings. The molecule has 0 unspecified atom stereocenters. The van der Waals surface area contributed by atoms with Crippen LogP contribution in [0.15, 0.2) is 22.7 Å². The van der Waals surface area contributed by atoms with Gasteiger partial charge in [0.25, 0.3) is 0 Å². The minimum Gasteiger partial charge on any atom is -0.0765 e. The third kappa shape index (κ3) is 1.35. The van der Waals surface area contributed by atoms with Gasteiger partial charge in [0.05, 0.1) is 0 Å². The van der Waals surface area contributed by atoms with Gasteiger partial charge in [0.15, 0.2) is 0 Å². The van der Waals surface area contributed by atoms with E-state index in [1.54, 1.807) is 0 Å². The molecular formula is C10H8BrI. The molecule has 0 spiro atoms. The van der Waals surface area contributed by atoms with Gasteiger partial charge in [-0.2, -0.15) is 0 Å². The molecule has 0 N–H and O–H groups in total. The third-order valence-corrected chi connectivity index (χ3v) is 3.62. The van der Waals surface area contributed by atoms with Crippen LogP contribution in [0.25, 0.3) is 5.57 Å². The van der Waals surface area contributed by atoms with Crippen LogP contribution >= 0.6 is 38.5 Å². The zero-order valence-corrected chi connectivity index (χ0v) is 10.4. The van der Waals surface area contributed by atoms with Crippen molar-refractivity contribution in [3.63, 3.8) is 0 Å². The first-order valence-electron chi connectivity index (χ1n) is 3.83. The Morgan fingerprint density at radius 1 is 1.42 bits per heavy atom. The lowest BCUT2D eigenvalue weighted by atomic mass is 10.1. The molecular weight excluding hydrogens is 327 g/mol. The number of hydrogen-bond acceptors (Lipinski definition) is 0. The van der Waals surface area contributed by atoms with Crippen molar-refractivity contribution in [3.05, 3.63) is 37.4 Å². The highest BCUT2D eigenvalue weighted by atomic mass is 127. The van der Waals surface area contributed by atoms with E-state index in [0.29, 0.717) is 0 Å². The average molecular weight is 335 g/mol. The molecule has 1 aromatic carbocycles. The van der Waals surface area contributed by atoms with E-state index >= 15 is 0 Å². The van der Waals surface area contributed by atoms with Crippen molar-refractivity contribution in [1.29, 1.82) is 0 Å². The molecule has 62 valence electrons. The number of hydrogen-bond donors (Lipinski definition) is 0. The minimum atomic E-state index is 1.10. The Hall–Kier alpha value is 0.170. The van der Waals surface area contributed by atoms with Crippen molar-refractivity contribution in [3.8, 4) is 0 Å². The second-order valence-corrected chi connectivity index (χ2v) is 5.08. The van der Waals surface area contributed by atoms with Crippen molar-refractivity contribution in [2.75, 3.05) is 0 Å². The van der Waals surface area contributed by atoms with Gasteiger partial charge in [-0.3, -0.25) is 0 Å². The van der Waals surface area contributed by atoms with Gasteiger partial charge in [-0.1, -0.05) is 22.0 Å². The summed E-state index contributed by atoms with van der Waals surface area (Å²) < 4.78 is 2.55. The Morgan fingerprint density at radius 3 is 2.92 bits per heavy atom. The normalized spacial score (nSPS) is 14.4. The van der Waals surface area contributed by atoms with Crippen molar-refractivity contribution in [2.24, 2.45) is 0 Å². The first kappa shape index (κ1) is 8.75. The van der Waals surface area contributed by atoms with Crippen LogP contribution in [0.2, 0.25) is 0 Å². The molecule has 0 radical (unpaired) electrons. The van der Waals surface area contributed by atoms with Gasteiger partial charge in [-0.15, -0.1) is 0 Å². The largest absolute Gasteiger partial charge is 0.0765 e. The fourth-order valence-corrected chi connectivity index (χ4v) is 3.26. The zero-order valence-electron chi connectivity index (χ0n) is 6.70. The molecule has 0 saturated carbocycles. The predicted octanol–water partition coefficient (Wildman–Crippen LogP) is 4.01. The summed E-state index contributed by atoms with van der Waals surface area (Å²) in [4.78, 5) is 0. The van der Waals surface area contributed by atoms with Crippen LogP contribution in [0.1, 0.15) is 18.1 Å². The molecule has 0 heterocycles. The van der Waals surface area contributed by atoms with Gasteiger partial charge < -0.3 is 0 Å². The fraction of sp³-hybridized carbons (Fsp3) is 0.200. The lowest BCUT2D eigenvalue weighted by Gasteiger charge is -2.04. The molecule has 0 atom stereocenters. The molecule has 0 amide bonds. The highest BCUT2D eigenvalue weighted by Gasteiger charge is 2.13. The van der Waals surface area contributed by atoms with Crippen LogP contribution < -0.4 is 0 Å². The molecule has 0 saturated heterocycles. The fourth-order valence-electron chi connectivity index (χ4n) is 1.53. The summed E-state index contributed by atoms with van der Waals surface area (Å²) in [5.74, 6) is 0. The molecule has 0 nitrogen and oxygen atoms in total. The first-order chi connectivity index (χ1) is 5.68. The second kappa shape index (κ2) is 3.14. The van der Waals surface area contributed by atoms with Crippen molar-refractivity contribution >= 4 is 44.1 Å². The molecule has 0 aromatic heterocycles. The molecule has 2 heteroatoms. The smallest absolute Gasteiger partial charge is 0.0192 e. The number of allylic oxidation sites excluding steroid dienone is 2. The van der Waals surface area contributed by atoms with Gasteiger partial charge in [0, 0.05) is 8.04 Å². The average Bonchev–Trinajstić information content (AvgIpc) is 2.33. The summed E-state index contributed by atoms with van der Waals surface area (Å²) in [5, 5.41) is 0. The molecule has 1 aliphatic rings. The maximum atomic E-state index is 3.51. The van der Waals surface area contributed by atoms with Crippen LogP contribution in [-0.4, -0.2) is 0 Å². The monoisotopic (exact) mass is 334 g/mol. The van der Waals surface area contributed by atoms with Crippen LogP contribution in [0, 0.1) is 3.57 Å². The topological polar surface area (TPSA) is 0 Å². The SMILES string of the molecule is CC1=CCc2c(I)cc(Br)cc21. The van der Waals surface area contributed by atoms with E-state index in [2.05, 4.69) is 63.7 Å². The van der Waals surface area contributed by atoms with Gasteiger partial charge in [-0.25, -0.2) is 0 Å². The maximum Gasteiger partial charge on any atom is 0.0192 e. The second-order valence-electron chi connectivity index (χ2n) is 3.00. The quantitative estimate of drug-likeness (QED) is 0.629. The van der Waals surface area contributed by atoms with E-state index in [1.807, 2.05) is 0 Å².